The normalized spacial score (nSPS) is 11.8. The summed E-state index contributed by atoms with van der Waals surface area (Å²) in [6.45, 7) is 1.22. The highest BCUT2D eigenvalue weighted by Gasteiger charge is 2.13. The van der Waals surface area contributed by atoms with Gasteiger partial charge < -0.3 is 9.84 Å². The van der Waals surface area contributed by atoms with Crippen molar-refractivity contribution in [3.05, 3.63) is 29.8 Å². The lowest BCUT2D eigenvalue weighted by molar-refractivity contribution is -0.149. The average molecular weight is 194 g/mol. The van der Waals surface area contributed by atoms with Crippen LogP contribution in [0.1, 0.15) is 18.6 Å². The number of esters is 1. The molecule has 0 saturated carbocycles. The second-order valence-corrected chi connectivity index (χ2v) is 2.76. The number of carbonyl (C=O) groups excluding carboxylic acids is 2. The summed E-state index contributed by atoms with van der Waals surface area (Å²) >= 11 is 0. The van der Waals surface area contributed by atoms with Crippen molar-refractivity contribution in [3.63, 3.8) is 0 Å². The van der Waals surface area contributed by atoms with Gasteiger partial charge in [0.1, 0.15) is 5.75 Å². The van der Waals surface area contributed by atoms with Crippen molar-refractivity contribution in [1.82, 2.24) is 0 Å². The van der Waals surface area contributed by atoms with E-state index in [2.05, 4.69) is 0 Å². The van der Waals surface area contributed by atoms with Crippen molar-refractivity contribution >= 4 is 12.3 Å². The number of phenolic OH excluding ortho intramolecular Hbond substituents is 1. The van der Waals surface area contributed by atoms with Crippen LogP contribution in [0.5, 0.6) is 5.75 Å². The molecule has 1 aromatic rings. The van der Waals surface area contributed by atoms with Crippen LogP contribution in [-0.4, -0.2) is 17.4 Å². The summed E-state index contributed by atoms with van der Waals surface area (Å²) < 4.78 is 4.72. The zero-order chi connectivity index (χ0) is 10.6. The molecule has 0 aliphatic carbocycles. The van der Waals surface area contributed by atoms with Crippen molar-refractivity contribution in [3.8, 4) is 5.75 Å². The van der Waals surface area contributed by atoms with Crippen LogP contribution < -0.4 is 0 Å². The van der Waals surface area contributed by atoms with Gasteiger partial charge in [0.05, 0.1) is 0 Å². The third-order valence-corrected chi connectivity index (χ3v) is 1.62. The van der Waals surface area contributed by atoms with E-state index in [4.69, 9.17) is 9.84 Å². The number of phenols is 1. The van der Waals surface area contributed by atoms with Gasteiger partial charge in [-0.05, 0) is 12.1 Å². The van der Waals surface area contributed by atoms with Crippen LogP contribution in [0, 0.1) is 0 Å². The van der Waals surface area contributed by atoms with E-state index < -0.39 is 12.1 Å². The monoisotopic (exact) mass is 194 g/mol. The highest BCUT2D eigenvalue weighted by Crippen LogP contribution is 2.19. The van der Waals surface area contributed by atoms with E-state index in [0.29, 0.717) is 11.8 Å². The maximum absolute atomic E-state index is 10.6. The third kappa shape index (κ3) is 2.58. The summed E-state index contributed by atoms with van der Waals surface area (Å²) in [7, 11) is 0. The highest BCUT2D eigenvalue weighted by molar-refractivity contribution is 5.71. The average Bonchev–Trinajstić information content (AvgIpc) is 2.14. The Morgan fingerprint density at radius 1 is 1.57 bits per heavy atom. The van der Waals surface area contributed by atoms with Crippen molar-refractivity contribution in [2.45, 2.75) is 13.0 Å². The van der Waals surface area contributed by atoms with Crippen molar-refractivity contribution in [2.24, 2.45) is 0 Å². The highest BCUT2D eigenvalue weighted by atomic mass is 16.5. The van der Waals surface area contributed by atoms with Gasteiger partial charge in [0, 0.05) is 12.5 Å². The standard InChI is InChI=1S/C10H10O4/c1-7(12)14-10(6-11)8-3-2-4-9(13)5-8/h2-6,10,13H,1H3. The number of benzene rings is 1. The molecule has 0 aromatic heterocycles. The Morgan fingerprint density at radius 2 is 2.29 bits per heavy atom. The molecule has 0 bridgehead atoms. The van der Waals surface area contributed by atoms with Crippen LogP contribution in [0.2, 0.25) is 0 Å². The fourth-order valence-corrected chi connectivity index (χ4v) is 1.05. The summed E-state index contributed by atoms with van der Waals surface area (Å²) in [5.74, 6) is -0.507. The Kier molecular flexibility index (Phi) is 3.23. The van der Waals surface area contributed by atoms with E-state index in [9.17, 15) is 9.59 Å². The molecule has 74 valence electrons. The smallest absolute Gasteiger partial charge is 0.303 e. The van der Waals surface area contributed by atoms with Crippen LogP contribution >= 0.6 is 0 Å². The van der Waals surface area contributed by atoms with Crippen molar-refractivity contribution in [1.29, 1.82) is 0 Å². The van der Waals surface area contributed by atoms with Crippen LogP contribution in [-0.2, 0) is 14.3 Å². The van der Waals surface area contributed by atoms with Gasteiger partial charge in [-0.1, -0.05) is 12.1 Å². The minimum Gasteiger partial charge on any atom is -0.508 e. The first-order valence-electron chi connectivity index (χ1n) is 4.05. The molecule has 1 atom stereocenters. The van der Waals surface area contributed by atoms with Crippen LogP contribution in [0.25, 0.3) is 0 Å². The molecular weight excluding hydrogens is 184 g/mol. The quantitative estimate of drug-likeness (QED) is 0.580. The van der Waals surface area contributed by atoms with Crippen LogP contribution in [0.3, 0.4) is 0 Å². The number of hydrogen-bond acceptors (Lipinski definition) is 4. The van der Waals surface area contributed by atoms with Gasteiger partial charge in [-0.15, -0.1) is 0 Å². The van der Waals surface area contributed by atoms with Crippen molar-refractivity contribution < 1.29 is 19.4 Å². The fourth-order valence-electron chi connectivity index (χ4n) is 1.05. The third-order valence-electron chi connectivity index (χ3n) is 1.62. The topological polar surface area (TPSA) is 63.6 Å². The molecule has 0 amide bonds. The number of aromatic hydroxyl groups is 1. The van der Waals surface area contributed by atoms with Crippen molar-refractivity contribution in [2.75, 3.05) is 0 Å². The maximum Gasteiger partial charge on any atom is 0.303 e. The first kappa shape index (κ1) is 10.2. The number of hydrogen-bond donors (Lipinski definition) is 1. The van der Waals surface area contributed by atoms with E-state index in [1.807, 2.05) is 0 Å². The van der Waals surface area contributed by atoms with E-state index in [-0.39, 0.29) is 5.75 Å². The minimum absolute atomic E-state index is 0.0292. The number of carbonyl (C=O) groups is 2. The molecule has 0 saturated heterocycles. The van der Waals surface area contributed by atoms with Gasteiger partial charge in [-0.2, -0.15) is 0 Å². The Bertz CT molecular complexity index is 346. The Hall–Kier alpha value is -1.84. The molecule has 0 aliphatic heterocycles. The van der Waals surface area contributed by atoms with Gasteiger partial charge in [0.2, 0.25) is 0 Å². The first-order valence-corrected chi connectivity index (χ1v) is 4.05. The second-order valence-electron chi connectivity index (χ2n) is 2.76. The summed E-state index contributed by atoms with van der Waals surface area (Å²) in [5.41, 5.74) is 0.454. The lowest BCUT2D eigenvalue weighted by Gasteiger charge is -2.10. The number of aldehydes is 1. The summed E-state index contributed by atoms with van der Waals surface area (Å²) in [6, 6.07) is 6.02. The van der Waals surface area contributed by atoms with Crippen LogP contribution in [0.4, 0.5) is 0 Å². The summed E-state index contributed by atoms with van der Waals surface area (Å²) in [5, 5.41) is 9.14. The molecule has 1 aromatic carbocycles. The number of rotatable bonds is 3. The molecule has 4 heteroatoms. The Morgan fingerprint density at radius 3 is 2.79 bits per heavy atom. The van der Waals surface area contributed by atoms with E-state index >= 15 is 0 Å². The summed E-state index contributed by atoms with van der Waals surface area (Å²) in [4.78, 5) is 21.2. The number of ether oxygens (including phenoxy) is 1. The zero-order valence-corrected chi connectivity index (χ0v) is 7.64. The van der Waals surface area contributed by atoms with Gasteiger partial charge >= 0.3 is 5.97 Å². The first-order chi connectivity index (χ1) is 6.63. The van der Waals surface area contributed by atoms with Gasteiger partial charge in [0.25, 0.3) is 0 Å². The second kappa shape index (κ2) is 4.41. The molecule has 1 rings (SSSR count). The SMILES string of the molecule is CC(=O)OC(C=O)c1cccc(O)c1. The van der Waals surface area contributed by atoms with Gasteiger partial charge in [-0.3, -0.25) is 9.59 Å². The molecule has 4 nitrogen and oxygen atoms in total. The molecule has 0 fully saturated rings. The molecule has 14 heavy (non-hydrogen) atoms. The molecule has 1 unspecified atom stereocenters. The fraction of sp³-hybridized carbons (Fsp3) is 0.200. The maximum atomic E-state index is 10.6. The largest absolute Gasteiger partial charge is 0.508 e. The molecule has 0 radical (unpaired) electrons. The van der Waals surface area contributed by atoms with Gasteiger partial charge in [-0.25, -0.2) is 0 Å². The summed E-state index contributed by atoms with van der Waals surface area (Å²) in [6.07, 6.45) is -0.435. The lowest BCUT2D eigenvalue weighted by Crippen LogP contribution is -2.09. The molecule has 0 aliphatic rings. The lowest BCUT2D eigenvalue weighted by atomic mass is 10.1. The molecule has 0 heterocycles. The predicted octanol–water partition coefficient (Wildman–Crippen LogP) is 1.20. The zero-order valence-electron chi connectivity index (χ0n) is 7.64. The Labute approximate surface area is 81.1 Å². The molecule has 0 spiro atoms. The van der Waals surface area contributed by atoms with E-state index in [0.717, 1.165) is 0 Å². The van der Waals surface area contributed by atoms with Gasteiger partial charge in [0.15, 0.2) is 12.4 Å². The van der Waals surface area contributed by atoms with E-state index in [1.54, 1.807) is 12.1 Å². The predicted molar refractivity (Wildman–Crippen MR) is 48.7 cm³/mol. The Balaban J connectivity index is 2.89. The minimum atomic E-state index is -0.945. The molecular formula is C10H10O4. The van der Waals surface area contributed by atoms with Crippen LogP contribution in [0.15, 0.2) is 24.3 Å². The molecule has 1 N–H and O–H groups in total. The van der Waals surface area contributed by atoms with E-state index in [1.165, 1.54) is 19.1 Å².